The molecule has 3 heterocycles. The summed E-state index contributed by atoms with van der Waals surface area (Å²) >= 11 is 0. The number of carbonyl (C=O) groups excluding carboxylic acids is 1. The number of hydrogen-bond donors (Lipinski definition) is 1. The molecular formula is C17H15F3N4O3. The van der Waals surface area contributed by atoms with Crippen LogP contribution in [0.15, 0.2) is 28.9 Å². The van der Waals surface area contributed by atoms with Crippen LogP contribution in [0.5, 0.6) is 0 Å². The Bertz CT molecular complexity index is 1000. The molecule has 0 atom stereocenters. The lowest BCUT2D eigenvalue weighted by atomic mass is 10.1. The molecule has 0 radical (unpaired) electrons. The van der Waals surface area contributed by atoms with E-state index in [1.54, 1.807) is 22.8 Å². The first kappa shape index (κ1) is 17.5. The Labute approximate surface area is 151 Å². The quantitative estimate of drug-likeness (QED) is 0.752. The van der Waals surface area contributed by atoms with Crippen molar-refractivity contribution >= 4 is 16.8 Å². The van der Waals surface area contributed by atoms with Gasteiger partial charge in [0.2, 0.25) is 11.7 Å². The lowest BCUT2D eigenvalue weighted by Gasteiger charge is -2.26. The van der Waals surface area contributed by atoms with E-state index < -0.39 is 12.1 Å². The first-order chi connectivity index (χ1) is 12.8. The minimum Gasteiger partial charge on any atom is -0.377 e. The summed E-state index contributed by atoms with van der Waals surface area (Å²) < 4.78 is 49.0. The van der Waals surface area contributed by atoms with Crippen molar-refractivity contribution in [3.8, 4) is 11.4 Å². The molecule has 2 aromatic heterocycles. The number of halogens is 3. The molecule has 0 aliphatic carbocycles. The number of nitrogens with one attached hydrogen (secondary N) is 1. The van der Waals surface area contributed by atoms with Crippen molar-refractivity contribution < 1.29 is 27.2 Å². The van der Waals surface area contributed by atoms with Gasteiger partial charge in [-0.3, -0.25) is 4.79 Å². The summed E-state index contributed by atoms with van der Waals surface area (Å²) in [5.41, 5.74) is 2.07. The SMILES string of the molecule is Cc1cn(CC(=O)NC2COC2)c2ccc(-c3noc(C(F)(F)F)n3)cc12. The fourth-order valence-electron chi connectivity index (χ4n) is 2.95. The monoisotopic (exact) mass is 380 g/mol. The average Bonchev–Trinajstić information content (AvgIpc) is 3.17. The number of fused-ring (bicyclic) bond motifs is 1. The van der Waals surface area contributed by atoms with Crippen LogP contribution in [0.1, 0.15) is 11.5 Å². The molecule has 1 saturated heterocycles. The predicted octanol–water partition coefficient (Wildman–Crippen LogP) is 2.53. The number of hydrogen-bond acceptors (Lipinski definition) is 5. The minimum absolute atomic E-state index is 0.0492. The summed E-state index contributed by atoms with van der Waals surface area (Å²) in [5, 5.41) is 7.07. The van der Waals surface area contributed by atoms with E-state index in [-0.39, 0.29) is 24.3 Å². The smallest absolute Gasteiger partial charge is 0.377 e. The van der Waals surface area contributed by atoms with Gasteiger partial charge in [-0.2, -0.15) is 18.2 Å². The summed E-state index contributed by atoms with van der Waals surface area (Å²) in [6.07, 6.45) is -2.86. The number of ether oxygens (including phenoxy) is 1. The van der Waals surface area contributed by atoms with Gasteiger partial charge >= 0.3 is 12.1 Å². The maximum Gasteiger partial charge on any atom is 0.471 e. The molecule has 1 aliphatic heterocycles. The van der Waals surface area contributed by atoms with E-state index in [2.05, 4.69) is 20.0 Å². The molecule has 1 aromatic carbocycles. The predicted molar refractivity (Wildman–Crippen MR) is 87.7 cm³/mol. The molecule has 7 nitrogen and oxygen atoms in total. The Morgan fingerprint density at radius 2 is 2.15 bits per heavy atom. The van der Waals surface area contributed by atoms with Gasteiger partial charge in [0.25, 0.3) is 0 Å². The molecule has 0 saturated carbocycles. The van der Waals surface area contributed by atoms with Crippen LogP contribution in [0.2, 0.25) is 0 Å². The van der Waals surface area contributed by atoms with Gasteiger partial charge in [-0.15, -0.1) is 0 Å². The number of aryl methyl sites for hydroxylation is 1. The second-order valence-corrected chi connectivity index (χ2v) is 6.39. The van der Waals surface area contributed by atoms with Crippen LogP contribution in [0.25, 0.3) is 22.3 Å². The zero-order valence-electron chi connectivity index (χ0n) is 14.2. The van der Waals surface area contributed by atoms with Crippen molar-refractivity contribution in [3.05, 3.63) is 35.9 Å². The molecule has 0 bridgehead atoms. The second kappa shape index (κ2) is 6.38. The summed E-state index contributed by atoms with van der Waals surface area (Å²) in [6.45, 7) is 3.04. The average molecular weight is 380 g/mol. The molecular weight excluding hydrogens is 365 g/mol. The van der Waals surface area contributed by atoms with Crippen molar-refractivity contribution in [1.82, 2.24) is 20.0 Å². The van der Waals surface area contributed by atoms with Crippen LogP contribution in [0, 0.1) is 6.92 Å². The molecule has 10 heteroatoms. The van der Waals surface area contributed by atoms with E-state index in [1.165, 1.54) is 0 Å². The van der Waals surface area contributed by atoms with Crippen molar-refractivity contribution in [1.29, 1.82) is 0 Å². The van der Waals surface area contributed by atoms with Crippen LogP contribution in [0.4, 0.5) is 13.2 Å². The van der Waals surface area contributed by atoms with E-state index in [4.69, 9.17) is 4.74 Å². The Balaban J connectivity index is 1.60. The first-order valence-corrected chi connectivity index (χ1v) is 8.19. The minimum atomic E-state index is -4.69. The fraction of sp³-hybridized carbons (Fsp3) is 0.353. The van der Waals surface area contributed by atoms with Crippen LogP contribution in [0.3, 0.4) is 0 Å². The third kappa shape index (κ3) is 3.39. The number of carbonyl (C=O) groups is 1. The van der Waals surface area contributed by atoms with Crippen LogP contribution in [-0.4, -0.2) is 39.9 Å². The highest BCUT2D eigenvalue weighted by atomic mass is 19.4. The lowest BCUT2D eigenvalue weighted by Crippen LogP contribution is -2.49. The zero-order valence-corrected chi connectivity index (χ0v) is 14.2. The number of nitrogens with zero attached hydrogens (tertiary/aromatic N) is 3. The maximum absolute atomic E-state index is 12.6. The normalized spacial score (nSPS) is 15.1. The number of alkyl halides is 3. The van der Waals surface area contributed by atoms with Gasteiger partial charge in [0, 0.05) is 22.7 Å². The Kier molecular flexibility index (Phi) is 4.14. The van der Waals surface area contributed by atoms with E-state index in [0.717, 1.165) is 16.5 Å². The molecule has 3 aromatic rings. The van der Waals surface area contributed by atoms with Gasteiger partial charge in [0.1, 0.15) is 6.54 Å². The van der Waals surface area contributed by atoms with E-state index in [1.807, 2.05) is 13.1 Å². The van der Waals surface area contributed by atoms with Crippen molar-refractivity contribution in [2.45, 2.75) is 25.7 Å². The van der Waals surface area contributed by atoms with E-state index >= 15 is 0 Å². The molecule has 0 unspecified atom stereocenters. The third-order valence-electron chi connectivity index (χ3n) is 4.32. The number of benzene rings is 1. The van der Waals surface area contributed by atoms with Gasteiger partial charge < -0.3 is 19.1 Å². The zero-order chi connectivity index (χ0) is 19.2. The highest BCUT2D eigenvalue weighted by molar-refractivity contribution is 5.89. The summed E-state index contributed by atoms with van der Waals surface area (Å²) in [5.74, 6) is -1.65. The Hall–Kier alpha value is -2.88. The Morgan fingerprint density at radius 1 is 1.37 bits per heavy atom. The molecule has 142 valence electrons. The highest BCUT2D eigenvalue weighted by Gasteiger charge is 2.38. The van der Waals surface area contributed by atoms with Gasteiger partial charge in [-0.1, -0.05) is 5.16 Å². The molecule has 4 rings (SSSR count). The van der Waals surface area contributed by atoms with Crippen LogP contribution in [-0.2, 0) is 22.3 Å². The van der Waals surface area contributed by atoms with Crippen LogP contribution < -0.4 is 5.32 Å². The molecule has 27 heavy (non-hydrogen) atoms. The fourth-order valence-corrected chi connectivity index (χ4v) is 2.95. The molecule has 1 amide bonds. The summed E-state index contributed by atoms with van der Waals surface area (Å²) in [7, 11) is 0. The largest absolute Gasteiger partial charge is 0.471 e. The standard InChI is InChI=1S/C17H15F3N4O3/c1-9-5-24(6-14(25)21-11-7-26-8-11)13-3-2-10(4-12(9)13)15-22-16(27-23-15)17(18,19)20/h2-5,11H,6-8H2,1H3,(H,21,25). The first-order valence-electron chi connectivity index (χ1n) is 8.19. The maximum atomic E-state index is 12.6. The summed E-state index contributed by atoms with van der Waals surface area (Å²) in [6, 6.07) is 5.05. The third-order valence-corrected chi connectivity index (χ3v) is 4.32. The highest BCUT2D eigenvalue weighted by Crippen LogP contribution is 2.31. The number of amides is 1. The van der Waals surface area contributed by atoms with Gasteiger partial charge in [0.05, 0.1) is 19.3 Å². The van der Waals surface area contributed by atoms with Gasteiger partial charge in [0.15, 0.2) is 0 Å². The van der Waals surface area contributed by atoms with E-state index in [0.29, 0.717) is 18.8 Å². The molecule has 1 aliphatic rings. The molecule has 0 spiro atoms. The van der Waals surface area contributed by atoms with Gasteiger partial charge in [-0.25, -0.2) is 0 Å². The number of rotatable bonds is 4. The van der Waals surface area contributed by atoms with Gasteiger partial charge in [-0.05, 0) is 30.7 Å². The number of aromatic nitrogens is 3. The van der Waals surface area contributed by atoms with Crippen LogP contribution >= 0.6 is 0 Å². The van der Waals surface area contributed by atoms with Crippen molar-refractivity contribution in [2.24, 2.45) is 0 Å². The van der Waals surface area contributed by atoms with Crippen molar-refractivity contribution in [3.63, 3.8) is 0 Å². The summed E-state index contributed by atoms with van der Waals surface area (Å²) in [4.78, 5) is 15.5. The second-order valence-electron chi connectivity index (χ2n) is 6.39. The van der Waals surface area contributed by atoms with Crippen molar-refractivity contribution in [2.75, 3.05) is 13.2 Å². The molecule has 1 N–H and O–H groups in total. The van der Waals surface area contributed by atoms with E-state index in [9.17, 15) is 18.0 Å². The molecule has 1 fully saturated rings. The topological polar surface area (TPSA) is 82.2 Å². The Morgan fingerprint density at radius 3 is 2.78 bits per heavy atom. The lowest BCUT2D eigenvalue weighted by molar-refractivity contribution is -0.159.